The molecule has 0 N–H and O–H groups in total. The Hall–Kier alpha value is -1.80. The van der Waals surface area contributed by atoms with Crippen LogP contribution in [0.3, 0.4) is 0 Å². The van der Waals surface area contributed by atoms with E-state index < -0.39 is 23.5 Å². The van der Waals surface area contributed by atoms with Crippen LogP contribution < -0.4 is 0 Å². The molecule has 0 atom stereocenters. The van der Waals surface area contributed by atoms with Crippen molar-refractivity contribution in [2.75, 3.05) is 13.2 Å². The first kappa shape index (κ1) is 36.2. The number of carbonyl (C=O) groups is 2. The Labute approximate surface area is 231 Å². The normalized spacial score (nSPS) is 12.1. The van der Waals surface area contributed by atoms with Crippen LogP contribution in [0, 0.1) is 0 Å². The molecule has 0 aromatic heterocycles. The van der Waals surface area contributed by atoms with Gasteiger partial charge in [-0.3, -0.25) is 9.78 Å². The minimum Gasteiger partial charge on any atom is -0.432 e. The zero-order chi connectivity index (χ0) is 28.5. The van der Waals surface area contributed by atoms with Gasteiger partial charge in [-0.05, 0) is 91.9 Å². The van der Waals surface area contributed by atoms with Crippen molar-refractivity contribution in [2.24, 2.45) is 0 Å². The lowest BCUT2D eigenvalue weighted by Crippen LogP contribution is -2.26. The highest BCUT2D eigenvalue weighted by Gasteiger charge is 2.23. The van der Waals surface area contributed by atoms with Crippen molar-refractivity contribution in [1.29, 1.82) is 0 Å². The molecule has 0 saturated heterocycles. The van der Waals surface area contributed by atoms with Crippen LogP contribution in [0.2, 0.25) is 0 Å². The molecule has 0 aromatic carbocycles. The van der Waals surface area contributed by atoms with Gasteiger partial charge in [0.15, 0.2) is 0 Å². The topological polar surface area (TPSA) is 89.5 Å². The van der Waals surface area contributed by atoms with Crippen molar-refractivity contribution < 1.29 is 38.6 Å². The van der Waals surface area contributed by atoms with Gasteiger partial charge < -0.3 is 9.47 Å². The zero-order valence-corrected chi connectivity index (χ0v) is 25.1. The van der Waals surface area contributed by atoms with Gasteiger partial charge in [-0.2, -0.15) is 9.78 Å². The first-order valence-electron chi connectivity index (χ1n) is 14.8. The highest BCUT2D eigenvalue weighted by atomic mass is 17.2. The molecular weight excluding hydrogens is 488 g/mol. The fourth-order valence-electron chi connectivity index (χ4n) is 3.66. The van der Waals surface area contributed by atoms with Crippen LogP contribution in [0.15, 0.2) is 12.2 Å². The Kier molecular flexibility index (Phi) is 22.0. The van der Waals surface area contributed by atoms with Gasteiger partial charge in [-0.15, -0.1) is 0 Å². The predicted octanol–water partition coefficient (Wildman–Crippen LogP) is 9.55. The minimum atomic E-state index is -0.772. The van der Waals surface area contributed by atoms with E-state index in [-0.39, 0.29) is 0 Å². The number of hydrogen-bond acceptors (Lipinski definition) is 8. The molecule has 0 amide bonds. The van der Waals surface area contributed by atoms with Crippen LogP contribution in [0.25, 0.3) is 0 Å². The zero-order valence-electron chi connectivity index (χ0n) is 25.1. The molecular formula is C30H56O8. The summed E-state index contributed by atoms with van der Waals surface area (Å²) in [5, 5.41) is 0. The Morgan fingerprint density at radius 3 is 1.32 bits per heavy atom. The van der Waals surface area contributed by atoms with E-state index in [2.05, 4.69) is 26.0 Å². The molecule has 0 radical (unpaired) electrons. The molecule has 0 aliphatic heterocycles. The van der Waals surface area contributed by atoms with Crippen molar-refractivity contribution in [1.82, 2.24) is 0 Å². The lowest BCUT2D eigenvalue weighted by Gasteiger charge is -2.22. The number of ether oxygens (including phenoxy) is 2. The van der Waals surface area contributed by atoms with Gasteiger partial charge in [0.25, 0.3) is 0 Å². The second-order valence-corrected chi connectivity index (χ2v) is 11.1. The summed E-state index contributed by atoms with van der Waals surface area (Å²) in [6.45, 7) is 12.6. The van der Waals surface area contributed by atoms with E-state index in [0.29, 0.717) is 13.2 Å². The average molecular weight is 545 g/mol. The Balaban J connectivity index is 3.55. The molecule has 0 heterocycles. The molecule has 0 unspecified atom stereocenters. The number of unbranched alkanes of at least 4 members (excludes halogenated alkanes) is 10. The van der Waals surface area contributed by atoms with Crippen molar-refractivity contribution in [2.45, 2.75) is 155 Å². The molecule has 8 nitrogen and oxygen atoms in total. The number of hydrogen-bond donors (Lipinski definition) is 0. The van der Waals surface area contributed by atoms with Crippen LogP contribution in [-0.2, 0) is 29.0 Å². The summed E-state index contributed by atoms with van der Waals surface area (Å²) < 4.78 is 10.1. The largest absolute Gasteiger partial charge is 0.540 e. The second kappa shape index (κ2) is 23.1. The van der Waals surface area contributed by atoms with Crippen molar-refractivity contribution in [3.05, 3.63) is 12.2 Å². The van der Waals surface area contributed by atoms with Gasteiger partial charge in [-0.1, -0.05) is 64.5 Å². The van der Waals surface area contributed by atoms with E-state index >= 15 is 0 Å². The van der Waals surface area contributed by atoms with E-state index in [9.17, 15) is 9.59 Å². The molecule has 0 spiro atoms. The lowest BCUT2D eigenvalue weighted by atomic mass is 10.0. The Morgan fingerprint density at radius 2 is 0.947 bits per heavy atom. The third kappa shape index (κ3) is 24.5. The highest BCUT2D eigenvalue weighted by molar-refractivity contribution is 5.59. The summed E-state index contributed by atoms with van der Waals surface area (Å²) in [5.41, 5.74) is -0.995. The van der Waals surface area contributed by atoms with E-state index in [0.717, 1.165) is 103 Å². The summed E-state index contributed by atoms with van der Waals surface area (Å²) in [4.78, 5) is 43.3. The molecule has 0 bridgehead atoms. The molecule has 0 saturated carbocycles. The van der Waals surface area contributed by atoms with Crippen LogP contribution in [0.4, 0.5) is 9.59 Å². The monoisotopic (exact) mass is 544 g/mol. The molecule has 0 fully saturated rings. The SMILES string of the molecule is CCCCCC(C)(C)OOC(=O)OCCCCCC=CCCCCCOC(=O)OOC(C)(C)CCCCC. The van der Waals surface area contributed by atoms with E-state index in [1.165, 1.54) is 0 Å². The van der Waals surface area contributed by atoms with Gasteiger partial charge >= 0.3 is 12.3 Å². The van der Waals surface area contributed by atoms with Crippen LogP contribution >= 0.6 is 0 Å². The summed E-state index contributed by atoms with van der Waals surface area (Å²) >= 11 is 0. The van der Waals surface area contributed by atoms with E-state index in [1.54, 1.807) is 0 Å². The van der Waals surface area contributed by atoms with Gasteiger partial charge in [-0.25, -0.2) is 9.59 Å². The minimum absolute atomic E-state index is 0.334. The first-order chi connectivity index (χ1) is 18.1. The molecule has 38 heavy (non-hydrogen) atoms. The molecule has 8 heteroatoms. The van der Waals surface area contributed by atoms with Crippen LogP contribution in [0.1, 0.15) is 144 Å². The van der Waals surface area contributed by atoms with Crippen LogP contribution in [-0.4, -0.2) is 36.7 Å². The molecule has 0 aliphatic carbocycles. The summed E-state index contributed by atoms with van der Waals surface area (Å²) in [6.07, 6.45) is 18.8. The van der Waals surface area contributed by atoms with E-state index in [1.807, 2.05) is 27.7 Å². The second-order valence-electron chi connectivity index (χ2n) is 11.1. The summed E-state index contributed by atoms with van der Waals surface area (Å²) in [5.74, 6) is 0. The fourth-order valence-corrected chi connectivity index (χ4v) is 3.66. The Morgan fingerprint density at radius 1 is 0.553 bits per heavy atom. The molecule has 0 aromatic rings. The standard InChI is InChI=1S/C30H56O8/c1-7-9-19-23-29(3,4)37-35-27(31)33-25-21-17-15-13-11-12-14-16-18-22-26-34-28(32)36-38-30(5,6)24-20-10-8-2/h11-12H,7-10,13-26H2,1-6H3. The predicted molar refractivity (Wildman–Crippen MR) is 150 cm³/mol. The maximum atomic E-state index is 11.6. The summed E-state index contributed by atoms with van der Waals surface area (Å²) in [6, 6.07) is 0. The number of carbonyl (C=O) groups excluding carboxylic acids is 2. The maximum Gasteiger partial charge on any atom is 0.540 e. The average Bonchev–Trinajstić information content (AvgIpc) is 2.86. The third-order valence-electron chi connectivity index (χ3n) is 6.07. The first-order valence-corrected chi connectivity index (χ1v) is 14.8. The number of allylic oxidation sites excluding steroid dienone is 2. The molecule has 224 valence electrons. The van der Waals surface area contributed by atoms with Crippen molar-refractivity contribution >= 4 is 12.3 Å². The smallest absolute Gasteiger partial charge is 0.432 e. The maximum absolute atomic E-state index is 11.6. The van der Waals surface area contributed by atoms with Gasteiger partial charge in [0.05, 0.1) is 13.2 Å². The van der Waals surface area contributed by atoms with Gasteiger partial charge in [0, 0.05) is 0 Å². The van der Waals surface area contributed by atoms with Gasteiger partial charge in [0.1, 0.15) is 11.2 Å². The van der Waals surface area contributed by atoms with E-state index in [4.69, 9.17) is 29.0 Å². The number of rotatable bonds is 24. The molecule has 0 aliphatic rings. The van der Waals surface area contributed by atoms with Gasteiger partial charge in [0.2, 0.25) is 0 Å². The molecule has 0 rings (SSSR count). The quantitative estimate of drug-likeness (QED) is 0.0390. The highest BCUT2D eigenvalue weighted by Crippen LogP contribution is 2.20. The summed E-state index contributed by atoms with van der Waals surface area (Å²) in [7, 11) is 0. The van der Waals surface area contributed by atoms with Crippen molar-refractivity contribution in [3.8, 4) is 0 Å². The lowest BCUT2D eigenvalue weighted by molar-refractivity contribution is -0.318. The van der Waals surface area contributed by atoms with Crippen molar-refractivity contribution in [3.63, 3.8) is 0 Å². The third-order valence-corrected chi connectivity index (χ3v) is 6.07. The van der Waals surface area contributed by atoms with Crippen LogP contribution in [0.5, 0.6) is 0 Å². The fraction of sp³-hybridized carbons (Fsp3) is 0.867. The Bertz CT molecular complexity index is 563.